The number of aromatic nitrogens is 3. The Labute approximate surface area is 232 Å². The normalized spacial score (nSPS) is 8.81. The molecule has 200 valence electrons. The summed E-state index contributed by atoms with van der Waals surface area (Å²) in [7, 11) is 3.00. The van der Waals surface area contributed by atoms with Gasteiger partial charge in [0, 0.05) is 33.0 Å². The minimum Gasteiger partial charge on any atom is -0.871 e. The van der Waals surface area contributed by atoms with Crippen molar-refractivity contribution in [1.29, 1.82) is 0 Å². The summed E-state index contributed by atoms with van der Waals surface area (Å²) in [6.07, 6.45) is 3.39. The van der Waals surface area contributed by atoms with Crippen molar-refractivity contribution in [3.63, 3.8) is 0 Å². The molecule has 2 aromatic heterocycles. The maximum atomic E-state index is 11.1. The zero-order chi connectivity index (χ0) is 27.3. The number of hydrogen-bond donors (Lipinski definition) is 3. The monoisotopic (exact) mass is 683 g/mol. The molecule has 0 aliphatic rings. The van der Waals surface area contributed by atoms with E-state index < -0.39 is 0 Å². The molecule has 0 bridgehead atoms. The van der Waals surface area contributed by atoms with Gasteiger partial charge in [-0.3, -0.25) is 4.98 Å². The van der Waals surface area contributed by atoms with Crippen LogP contribution < -0.4 is 10.2 Å². The quantitative estimate of drug-likeness (QED) is 0.239. The van der Waals surface area contributed by atoms with Crippen LogP contribution in [0.2, 0.25) is 0 Å². The van der Waals surface area contributed by atoms with Crippen molar-refractivity contribution in [3.05, 3.63) is 102 Å². The molecule has 0 spiro atoms. The van der Waals surface area contributed by atoms with Crippen LogP contribution in [0.25, 0.3) is 21.8 Å². The van der Waals surface area contributed by atoms with Gasteiger partial charge in [-0.1, -0.05) is 91.9 Å². The minimum absolute atomic E-state index is 0. The SMILES string of the molecule is CO.CO.CO.Cc1ccc(C(C)C)cc1.[O-]c1cccc2cccnc12.[Os+2].c1ccc2n[n-]cc2c1. The number of aryl methyl sites for hydroxylation is 1. The van der Waals surface area contributed by atoms with Crippen LogP contribution in [0.15, 0.2) is 91.3 Å². The summed E-state index contributed by atoms with van der Waals surface area (Å²) in [6, 6.07) is 25.4. The van der Waals surface area contributed by atoms with Gasteiger partial charge in [-0.05, 0) is 41.3 Å². The molecule has 5 rings (SSSR count). The van der Waals surface area contributed by atoms with Gasteiger partial charge < -0.3 is 30.6 Å². The molecule has 0 atom stereocenters. The van der Waals surface area contributed by atoms with Crippen molar-refractivity contribution in [3.8, 4) is 5.75 Å². The maximum absolute atomic E-state index is 11.1. The smallest absolute Gasteiger partial charge is 0.871 e. The third kappa shape index (κ3) is 13.1. The van der Waals surface area contributed by atoms with Crippen molar-refractivity contribution in [2.45, 2.75) is 26.7 Å². The number of aliphatic hydroxyl groups is 3. The second kappa shape index (κ2) is 22.1. The minimum atomic E-state index is -0.0110. The van der Waals surface area contributed by atoms with Crippen molar-refractivity contribution in [2.75, 3.05) is 21.3 Å². The van der Waals surface area contributed by atoms with E-state index in [9.17, 15) is 5.11 Å². The van der Waals surface area contributed by atoms with Crippen LogP contribution in [0, 0.1) is 6.92 Å². The number of rotatable bonds is 1. The van der Waals surface area contributed by atoms with Gasteiger partial charge in [-0.2, -0.15) is 6.20 Å². The number of nitrogens with zero attached hydrogens (tertiary/aromatic N) is 3. The molecule has 3 N–H and O–H groups in total. The second-order valence-corrected chi connectivity index (χ2v) is 7.30. The predicted octanol–water partition coefficient (Wildman–Crippen LogP) is 4.44. The Balaban J connectivity index is 0. The predicted molar refractivity (Wildman–Crippen MR) is 146 cm³/mol. The molecule has 5 aromatic rings. The zero-order valence-corrected chi connectivity index (χ0v) is 24.7. The first kappa shape index (κ1) is 36.0. The van der Waals surface area contributed by atoms with Crippen LogP contribution >= 0.6 is 0 Å². The molecule has 0 fully saturated rings. The number of benzene rings is 3. The fourth-order valence-corrected chi connectivity index (χ4v) is 2.87. The van der Waals surface area contributed by atoms with E-state index in [4.69, 9.17) is 15.3 Å². The van der Waals surface area contributed by atoms with Gasteiger partial charge in [0.1, 0.15) is 0 Å². The first-order valence-electron chi connectivity index (χ1n) is 11.3. The Hall–Kier alpha value is -3.14. The van der Waals surface area contributed by atoms with Gasteiger partial charge in [0.25, 0.3) is 0 Å². The Morgan fingerprint density at radius 3 is 1.86 bits per heavy atom. The van der Waals surface area contributed by atoms with E-state index in [-0.39, 0.29) is 25.5 Å². The molecular formula is C29H37N3O4Os. The third-order valence-corrected chi connectivity index (χ3v) is 4.64. The van der Waals surface area contributed by atoms with Gasteiger partial charge in [0.05, 0.1) is 5.52 Å². The van der Waals surface area contributed by atoms with Crippen LogP contribution in [0.5, 0.6) is 5.75 Å². The summed E-state index contributed by atoms with van der Waals surface area (Å²) in [5, 5.41) is 41.7. The van der Waals surface area contributed by atoms with Crippen LogP contribution in [-0.4, -0.2) is 46.7 Å². The van der Waals surface area contributed by atoms with Crippen LogP contribution in [-0.2, 0) is 19.8 Å². The summed E-state index contributed by atoms with van der Waals surface area (Å²) in [4.78, 5) is 3.97. The van der Waals surface area contributed by atoms with Crippen molar-refractivity contribution >= 4 is 21.8 Å². The molecule has 0 unspecified atom stereocenters. The summed E-state index contributed by atoms with van der Waals surface area (Å²) < 4.78 is 0. The molecule has 0 aliphatic heterocycles. The molecule has 3 aromatic carbocycles. The van der Waals surface area contributed by atoms with Crippen LogP contribution in [0.3, 0.4) is 0 Å². The number of hydrogen-bond acceptors (Lipinski definition) is 6. The van der Waals surface area contributed by atoms with Crippen molar-refractivity contribution in [1.82, 2.24) is 15.2 Å². The molecule has 0 amide bonds. The Morgan fingerprint density at radius 2 is 1.30 bits per heavy atom. The molecule has 0 aliphatic carbocycles. The Kier molecular flexibility index (Phi) is 21.5. The largest absolute Gasteiger partial charge is 2.00 e. The summed E-state index contributed by atoms with van der Waals surface area (Å²) in [5.41, 5.74) is 4.28. The number of para-hydroxylation sites is 1. The van der Waals surface area contributed by atoms with Gasteiger partial charge in [0.15, 0.2) is 0 Å². The number of fused-ring (bicyclic) bond motifs is 2. The standard InChI is InChI=1S/C10H14.C9H7NO.C7H5N2.3CH4O.Os/c1-8(2)10-6-4-9(3)5-7-10;11-8-5-1-3-7-4-2-6-10-9(7)8;1-2-4-7-6(3-1)5-8-9-7;3*1-2;/h4-8H,1-3H3;1-6,11H;1-5H;3*2H,1H3;/q;;-1;;;;+2/p-1. The zero-order valence-electron chi connectivity index (χ0n) is 22.2. The van der Waals surface area contributed by atoms with E-state index in [1.54, 1.807) is 18.5 Å². The van der Waals surface area contributed by atoms with E-state index in [0.717, 1.165) is 37.6 Å². The molecule has 8 heteroatoms. The molecule has 37 heavy (non-hydrogen) atoms. The Bertz CT molecular complexity index is 1180. The summed E-state index contributed by atoms with van der Waals surface area (Å²) in [5.74, 6) is 0.642. The van der Waals surface area contributed by atoms with Gasteiger partial charge >= 0.3 is 19.8 Å². The molecular weight excluding hydrogens is 645 g/mol. The Morgan fingerprint density at radius 1 is 0.730 bits per heavy atom. The van der Waals surface area contributed by atoms with E-state index in [1.807, 2.05) is 42.5 Å². The summed E-state index contributed by atoms with van der Waals surface area (Å²) in [6.45, 7) is 6.54. The van der Waals surface area contributed by atoms with Crippen molar-refractivity contribution in [2.24, 2.45) is 0 Å². The second-order valence-electron chi connectivity index (χ2n) is 7.30. The van der Waals surface area contributed by atoms with Crippen LogP contribution in [0.4, 0.5) is 0 Å². The molecule has 7 nitrogen and oxygen atoms in total. The van der Waals surface area contributed by atoms with E-state index in [1.165, 1.54) is 17.2 Å². The first-order valence-corrected chi connectivity index (χ1v) is 11.3. The maximum Gasteiger partial charge on any atom is 2.00 e. The van der Waals surface area contributed by atoms with Gasteiger partial charge in [-0.25, -0.2) is 0 Å². The fourth-order valence-electron chi connectivity index (χ4n) is 2.87. The molecule has 0 saturated heterocycles. The molecule has 0 radical (unpaired) electrons. The van der Waals surface area contributed by atoms with E-state index >= 15 is 0 Å². The first-order chi connectivity index (χ1) is 17.5. The van der Waals surface area contributed by atoms with E-state index in [0.29, 0.717) is 11.4 Å². The average molecular weight is 682 g/mol. The molecule has 0 saturated carbocycles. The van der Waals surface area contributed by atoms with Crippen LogP contribution in [0.1, 0.15) is 30.9 Å². The topological polar surface area (TPSA) is 124 Å². The van der Waals surface area contributed by atoms with Gasteiger partial charge in [0.2, 0.25) is 0 Å². The average Bonchev–Trinajstić information content (AvgIpc) is 3.43. The third-order valence-electron chi connectivity index (χ3n) is 4.64. The van der Waals surface area contributed by atoms with E-state index in [2.05, 4.69) is 60.2 Å². The number of pyridine rings is 1. The van der Waals surface area contributed by atoms with Gasteiger partial charge in [-0.15, -0.1) is 0 Å². The number of aliphatic hydroxyl groups excluding tert-OH is 3. The fraction of sp³-hybridized carbons (Fsp3) is 0.241. The summed E-state index contributed by atoms with van der Waals surface area (Å²) >= 11 is 0. The molecule has 2 heterocycles. The van der Waals surface area contributed by atoms with Crippen molar-refractivity contribution < 1.29 is 40.2 Å².